The van der Waals surface area contributed by atoms with Crippen molar-refractivity contribution in [2.75, 3.05) is 6.54 Å². The third-order valence-electron chi connectivity index (χ3n) is 4.38. The van der Waals surface area contributed by atoms with Gasteiger partial charge < -0.3 is 5.11 Å². The first kappa shape index (κ1) is 18.2. The van der Waals surface area contributed by atoms with Gasteiger partial charge >= 0.3 is 12.1 Å². The maximum absolute atomic E-state index is 13.2. The van der Waals surface area contributed by atoms with Gasteiger partial charge in [0.05, 0.1) is 16.6 Å². The molecule has 2 unspecified atom stereocenters. The first-order valence-electron chi connectivity index (χ1n) is 7.66. The molecule has 3 nitrogen and oxygen atoms in total. The van der Waals surface area contributed by atoms with Crippen molar-refractivity contribution in [2.45, 2.75) is 31.1 Å². The molecule has 25 heavy (non-hydrogen) atoms. The first-order chi connectivity index (χ1) is 11.8. The lowest BCUT2D eigenvalue weighted by Gasteiger charge is -2.31. The molecule has 8 heteroatoms. The SMILES string of the molecule is O=C(O)C1CCCN1C(c1ccsc1)c1ccc(Cl)c(C(F)(F)F)c1. The molecule has 3 rings (SSSR count). The van der Waals surface area contributed by atoms with Crippen molar-refractivity contribution >= 4 is 28.9 Å². The van der Waals surface area contributed by atoms with Crippen LogP contribution < -0.4 is 0 Å². The minimum atomic E-state index is -4.57. The van der Waals surface area contributed by atoms with E-state index in [1.807, 2.05) is 16.8 Å². The highest BCUT2D eigenvalue weighted by atomic mass is 35.5. The molecule has 2 heterocycles. The fourth-order valence-electron chi connectivity index (χ4n) is 3.30. The van der Waals surface area contributed by atoms with Crippen LogP contribution in [0.2, 0.25) is 5.02 Å². The van der Waals surface area contributed by atoms with E-state index in [9.17, 15) is 23.1 Å². The van der Waals surface area contributed by atoms with Gasteiger partial charge in [0.1, 0.15) is 6.04 Å². The molecule has 0 aliphatic carbocycles. The summed E-state index contributed by atoms with van der Waals surface area (Å²) in [5.74, 6) is -0.956. The fourth-order valence-corrected chi connectivity index (χ4v) is 4.20. The second-order valence-electron chi connectivity index (χ2n) is 5.93. The van der Waals surface area contributed by atoms with Crippen LogP contribution in [0.25, 0.3) is 0 Å². The highest BCUT2D eigenvalue weighted by Gasteiger charge is 2.39. The van der Waals surface area contributed by atoms with Crippen molar-refractivity contribution in [2.24, 2.45) is 0 Å². The van der Waals surface area contributed by atoms with E-state index in [0.717, 1.165) is 11.6 Å². The number of carboxylic acids is 1. The number of thiophene rings is 1. The number of aliphatic carboxylic acids is 1. The lowest BCUT2D eigenvalue weighted by atomic mass is 9.96. The Hall–Kier alpha value is -1.57. The number of carboxylic acid groups (broad SMARTS) is 1. The standard InChI is InChI=1S/C17H15ClF3NO2S/c18-13-4-3-10(8-12(13)17(19,20)21)15(11-5-7-25-9-11)22-6-1-2-14(22)16(23)24/h3-5,7-9,14-15H,1-2,6H2,(H,23,24). The number of likely N-dealkylation sites (tertiary alicyclic amines) is 1. The van der Waals surface area contributed by atoms with Crippen LogP contribution in [0.3, 0.4) is 0 Å². The summed E-state index contributed by atoms with van der Waals surface area (Å²) in [7, 11) is 0. The number of rotatable bonds is 4. The predicted octanol–water partition coefficient (Wildman–Crippen LogP) is 5.06. The van der Waals surface area contributed by atoms with E-state index in [1.54, 1.807) is 4.90 Å². The largest absolute Gasteiger partial charge is 0.480 e. The van der Waals surface area contributed by atoms with Crippen LogP contribution >= 0.6 is 22.9 Å². The van der Waals surface area contributed by atoms with Gasteiger partial charge in [0.25, 0.3) is 0 Å². The topological polar surface area (TPSA) is 40.5 Å². The number of hydrogen-bond acceptors (Lipinski definition) is 3. The van der Waals surface area contributed by atoms with Gasteiger partial charge in [0.2, 0.25) is 0 Å². The summed E-state index contributed by atoms with van der Waals surface area (Å²) in [6.07, 6.45) is -3.39. The zero-order valence-corrected chi connectivity index (χ0v) is 14.5. The summed E-state index contributed by atoms with van der Waals surface area (Å²) in [4.78, 5) is 13.3. The van der Waals surface area contributed by atoms with E-state index in [0.29, 0.717) is 24.9 Å². The van der Waals surface area contributed by atoms with Crippen molar-refractivity contribution in [3.8, 4) is 0 Å². The van der Waals surface area contributed by atoms with Crippen molar-refractivity contribution in [1.29, 1.82) is 0 Å². The Morgan fingerprint density at radius 2 is 2.08 bits per heavy atom. The second-order valence-corrected chi connectivity index (χ2v) is 7.12. The summed E-state index contributed by atoms with van der Waals surface area (Å²) >= 11 is 7.15. The number of halogens is 4. The predicted molar refractivity (Wildman–Crippen MR) is 90.0 cm³/mol. The summed E-state index contributed by atoms with van der Waals surface area (Å²) in [5.41, 5.74) is 0.273. The molecule has 1 N–H and O–H groups in total. The van der Waals surface area contributed by atoms with Gasteiger partial charge in [0, 0.05) is 6.54 Å². The average Bonchev–Trinajstić information content (AvgIpc) is 3.20. The summed E-state index contributed by atoms with van der Waals surface area (Å²) in [6.45, 7) is 0.515. The van der Waals surface area contributed by atoms with Crippen LogP contribution in [-0.4, -0.2) is 28.6 Å². The number of hydrogen-bond donors (Lipinski definition) is 1. The van der Waals surface area contributed by atoms with E-state index in [2.05, 4.69) is 0 Å². The van der Waals surface area contributed by atoms with Crippen LogP contribution in [0.4, 0.5) is 13.2 Å². The Balaban J connectivity index is 2.09. The van der Waals surface area contributed by atoms with Gasteiger partial charge in [-0.15, -0.1) is 0 Å². The monoisotopic (exact) mass is 389 g/mol. The molecule has 1 aromatic carbocycles. The highest BCUT2D eigenvalue weighted by Crippen LogP contribution is 2.40. The highest BCUT2D eigenvalue weighted by molar-refractivity contribution is 7.08. The van der Waals surface area contributed by atoms with Crippen molar-refractivity contribution < 1.29 is 23.1 Å². The smallest absolute Gasteiger partial charge is 0.417 e. The summed E-state index contributed by atoms with van der Waals surface area (Å²) in [5, 5.41) is 12.8. The van der Waals surface area contributed by atoms with Crippen molar-refractivity contribution in [3.63, 3.8) is 0 Å². The summed E-state index contributed by atoms with van der Waals surface area (Å²) < 4.78 is 39.7. The van der Waals surface area contributed by atoms with Crippen LogP contribution in [0.15, 0.2) is 35.0 Å². The molecule has 1 saturated heterocycles. The Morgan fingerprint density at radius 3 is 2.68 bits per heavy atom. The van der Waals surface area contributed by atoms with Gasteiger partial charge in [-0.25, -0.2) is 0 Å². The van der Waals surface area contributed by atoms with E-state index >= 15 is 0 Å². The molecule has 134 valence electrons. The normalized spacial score (nSPS) is 19.9. The first-order valence-corrected chi connectivity index (χ1v) is 8.98. The number of benzene rings is 1. The molecule has 0 spiro atoms. The number of nitrogens with zero attached hydrogens (tertiary/aromatic N) is 1. The van der Waals surface area contributed by atoms with Gasteiger partial charge in [0.15, 0.2) is 0 Å². The molecular formula is C17H15ClF3NO2S. The Kier molecular flexibility index (Phi) is 5.09. The molecular weight excluding hydrogens is 375 g/mol. The Morgan fingerprint density at radius 1 is 1.32 bits per heavy atom. The minimum Gasteiger partial charge on any atom is -0.480 e. The lowest BCUT2D eigenvalue weighted by molar-refractivity contribution is -0.143. The second kappa shape index (κ2) is 6.97. The van der Waals surface area contributed by atoms with E-state index < -0.39 is 29.8 Å². The lowest BCUT2D eigenvalue weighted by Crippen LogP contribution is -2.39. The maximum Gasteiger partial charge on any atom is 0.417 e. The van der Waals surface area contributed by atoms with E-state index in [4.69, 9.17) is 11.6 Å². The van der Waals surface area contributed by atoms with Crippen molar-refractivity contribution in [1.82, 2.24) is 4.90 Å². The zero-order chi connectivity index (χ0) is 18.2. The quantitative estimate of drug-likeness (QED) is 0.794. The fraction of sp³-hybridized carbons (Fsp3) is 0.353. The van der Waals surface area contributed by atoms with Gasteiger partial charge in [-0.3, -0.25) is 9.69 Å². The molecule has 1 aliphatic heterocycles. The third-order valence-corrected chi connectivity index (χ3v) is 5.41. The number of alkyl halides is 3. The molecule has 0 radical (unpaired) electrons. The van der Waals surface area contributed by atoms with Gasteiger partial charge in [-0.05, 0) is 52.9 Å². The minimum absolute atomic E-state index is 0.364. The average molecular weight is 390 g/mol. The number of carbonyl (C=O) groups is 1. The molecule has 0 bridgehead atoms. The van der Waals surface area contributed by atoms with Gasteiger partial charge in [-0.2, -0.15) is 24.5 Å². The van der Waals surface area contributed by atoms with Crippen molar-refractivity contribution in [3.05, 3.63) is 56.7 Å². The van der Waals surface area contributed by atoms with Crippen LogP contribution in [0, 0.1) is 0 Å². The summed E-state index contributed by atoms with van der Waals surface area (Å²) in [6, 6.07) is 4.35. The van der Waals surface area contributed by atoms with Crippen LogP contribution in [-0.2, 0) is 11.0 Å². The Labute approximate surface area is 151 Å². The third kappa shape index (κ3) is 3.68. The zero-order valence-electron chi connectivity index (χ0n) is 13.0. The molecule has 2 aromatic rings. The Bertz CT molecular complexity index is 764. The molecule has 0 amide bonds. The van der Waals surface area contributed by atoms with Crippen LogP contribution in [0.5, 0.6) is 0 Å². The molecule has 1 aliphatic rings. The maximum atomic E-state index is 13.2. The molecule has 1 aromatic heterocycles. The van der Waals surface area contributed by atoms with Gasteiger partial charge in [-0.1, -0.05) is 17.7 Å². The van der Waals surface area contributed by atoms with E-state index in [1.165, 1.54) is 23.5 Å². The molecule has 1 fully saturated rings. The van der Waals surface area contributed by atoms with Crippen LogP contribution in [0.1, 0.15) is 35.6 Å². The molecule has 2 atom stereocenters. The molecule has 0 saturated carbocycles. The van der Waals surface area contributed by atoms with E-state index in [-0.39, 0.29) is 5.02 Å².